The fraction of sp³-hybridized carbons (Fsp3) is 0.0588. The third kappa shape index (κ3) is 4.02. The molecule has 3 aromatic carbocycles. The number of aromatic hydroxyl groups is 1. The van der Waals surface area contributed by atoms with E-state index in [1.165, 1.54) is 24.3 Å². The molecule has 28 heavy (non-hydrogen) atoms. The van der Waals surface area contributed by atoms with Crippen molar-refractivity contribution in [3.05, 3.63) is 54.1 Å². The van der Waals surface area contributed by atoms with Gasteiger partial charge in [0.05, 0.1) is 10.6 Å². The zero-order chi connectivity index (χ0) is 20.7. The van der Waals surface area contributed by atoms with Gasteiger partial charge in [-0.25, -0.2) is 0 Å². The maximum Gasteiger partial charge on any atom is 0.295 e. The van der Waals surface area contributed by atoms with E-state index in [1.54, 1.807) is 19.1 Å². The smallest absolute Gasteiger partial charge is 0.295 e. The minimum absolute atomic E-state index is 0.00733. The summed E-state index contributed by atoms with van der Waals surface area (Å²) in [5.41, 5.74) is 0.953. The summed E-state index contributed by atoms with van der Waals surface area (Å²) in [6, 6.07) is 10.6. The van der Waals surface area contributed by atoms with E-state index in [1.807, 2.05) is 0 Å². The third-order valence-electron chi connectivity index (χ3n) is 3.86. The Morgan fingerprint density at radius 1 is 0.821 bits per heavy atom. The molecular weight excluding hydrogens is 408 g/mol. The summed E-state index contributed by atoms with van der Waals surface area (Å²) in [6.07, 6.45) is 0. The highest BCUT2D eigenvalue weighted by Crippen LogP contribution is 2.36. The molecule has 3 N–H and O–H groups in total. The van der Waals surface area contributed by atoms with Crippen LogP contribution in [0.4, 0.5) is 11.4 Å². The van der Waals surface area contributed by atoms with Gasteiger partial charge in [-0.1, -0.05) is 18.2 Å². The van der Waals surface area contributed by atoms with Crippen LogP contribution in [0.25, 0.3) is 10.8 Å². The van der Waals surface area contributed by atoms with Crippen molar-refractivity contribution in [3.63, 3.8) is 0 Å². The lowest BCUT2D eigenvalue weighted by Crippen LogP contribution is -2.04. The second kappa shape index (κ2) is 6.95. The van der Waals surface area contributed by atoms with Gasteiger partial charge in [0.1, 0.15) is 16.3 Å². The lowest BCUT2D eigenvalue weighted by Gasteiger charge is -2.09. The summed E-state index contributed by atoms with van der Waals surface area (Å²) in [6.45, 7) is 1.78. The molecule has 0 saturated carbocycles. The van der Waals surface area contributed by atoms with Crippen molar-refractivity contribution in [2.45, 2.75) is 16.7 Å². The predicted octanol–water partition coefficient (Wildman–Crippen LogP) is 3.76. The zero-order valence-electron chi connectivity index (χ0n) is 14.3. The molecule has 0 fully saturated rings. The lowest BCUT2D eigenvalue weighted by molar-refractivity contribution is 0.476. The van der Waals surface area contributed by atoms with E-state index < -0.39 is 30.0 Å². The number of phenols is 1. The quantitative estimate of drug-likeness (QED) is 0.427. The molecule has 0 heterocycles. The molecule has 0 aliphatic heterocycles. The maximum atomic E-state index is 11.8. The Labute approximate surface area is 160 Å². The topological polar surface area (TPSA) is 154 Å². The van der Waals surface area contributed by atoms with Crippen LogP contribution in [0.1, 0.15) is 5.56 Å². The number of fused-ring (bicyclic) bond motifs is 1. The molecule has 3 rings (SSSR count). The third-order valence-corrected chi connectivity index (χ3v) is 5.57. The van der Waals surface area contributed by atoms with Crippen molar-refractivity contribution in [1.29, 1.82) is 0 Å². The van der Waals surface area contributed by atoms with Crippen molar-refractivity contribution >= 4 is 42.4 Å². The van der Waals surface area contributed by atoms with Gasteiger partial charge < -0.3 is 5.11 Å². The van der Waals surface area contributed by atoms with Crippen LogP contribution < -0.4 is 0 Å². The molecule has 0 atom stereocenters. The largest absolute Gasteiger partial charge is 0.506 e. The minimum Gasteiger partial charge on any atom is -0.506 e. The standard InChI is InChI=1S/C17H14N2O7S2/c1-10-5-6-15(20)14(7-10)19-18-13-4-2-3-11-8-12(27(21,22)23)9-16(17(11)13)28(24,25)26/h2-9,20H,1H3,(H,21,22,23)(H,24,25,26). The summed E-state index contributed by atoms with van der Waals surface area (Å²) in [4.78, 5) is -1.45. The second-order valence-electron chi connectivity index (χ2n) is 5.94. The van der Waals surface area contributed by atoms with E-state index in [4.69, 9.17) is 0 Å². The molecule has 146 valence electrons. The number of rotatable bonds is 4. The van der Waals surface area contributed by atoms with E-state index in [0.717, 1.165) is 11.6 Å². The van der Waals surface area contributed by atoms with Crippen molar-refractivity contribution in [3.8, 4) is 5.75 Å². The van der Waals surface area contributed by atoms with Crippen molar-refractivity contribution in [2.24, 2.45) is 10.2 Å². The van der Waals surface area contributed by atoms with Crippen LogP contribution in [0.3, 0.4) is 0 Å². The first-order chi connectivity index (χ1) is 13.0. The summed E-state index contributed by atoms with van der Waals surface area (Å²) < 4.78 is 65.3. The van der Waals surface area contributed by atoms with E-state index in [0.29, 0.717) is 6.07 Å². The van der Waals surface area contributed by atoms with Crippen LogP contribution in [-0.2, 0) is 20.2 Å². The number of phenolic OH excluding ortho intramolecular Hbond substituents is 1. The van der Waals surface area contributed by atoms with Gasteiger partial charge in [0.2, 0.25) is 0 Å². The van der Waals surface area contributed by atoms with Crippen molar-refractivity contribution < 1.29 is 31.0 Å². The zero-order valence-corrected chi connectivity index (χ0v) is 15.9. The maximum absolute atomic E-state index is 11.8. The van der Waals surface area contributed by atoms with Gasteiger partial charge in [0.25, 0.3) is 20.2 Å². The molecule has 0 amide bonds. The number of azo groups is 1. The Hall–Kier alpha value is -2.86. The summed E-state index contributed by atoms with van der Waals surface area (Å²) in [5, 5.41) is 17.7. The molecule has 0 unspecified atom stereocenters. The Morgan fingerprint density at radius 3 is 2.14 bits per heavy atom. The highest BCUT2D eigenvalue weighted by molar-refractivity contribution is 7.86. The Bertz CT molecular complexity index is 1330. The molecule has 0 radical (unpaired) electrons. The Kier molecular flexibility index (Phi) is 4.93. The van der Waals surface area contributed by atoms with E-state index in [2.05, 4.69) is 10.2 Å². The first kappa shape index (κ1) is 19.9. The molecule has 0 saturated heterocycles. The van der Waals surface area contributed by atoms with Gasteiger partial charge in [-0.3, -0.25) is 9.11 Å². The highest BCUT2D eigenvalue weighted by Gasteiger charge is 2.22. The minimum atomic E-state index is -4.86. The monoisotopic (exact) mass is 422 g/mol. The SMILES string of the molecule is Cc1ccc(O)c(N=Nc2cccc3cc(S(=O)(=O)O)cc(S(=O)(=O)O)c23)c1. The highest BCUT2D eigenvalue weighted by atomic mass is 32.2. The molecule has 0 aliphatic carbocycles. The molecule has 11 heteroatoms. The van der Waals surface area contributed by atoms with Crippen molar-refractivity contribution in [2.75, 3.05) is 0 Å². The van der Waals surface area contributed by atoms with E-state index >= 15 is 0 Å². The van der Waals surface area contributed by atoms with Gasteiger partial charge in [0, 0.05) is 5.39 Å². The van der Waals surface area contributed by atoms with Gasteiger partial charge >= 0.3 is 0 Å². The van der Waals surface area contributed by atoms with Crippen LogP contribution in [0, 0.1) is 6.92 Å². The fourth-order valence-electron chi connectivity index (χ4n) is 2.60. The lowest BCUT2D eigenvalue weighted by atomic mass is 10.1. The number of benzene rings is 3. The first-order valence-corrected chi connectivity index (χ1v) is 10.6. The number of hydrogen-bond donors (Lipinski definition) is 3. The number of hydrogen-bond acceptors (Lipinski definition) is 7. The Morgan fingerprint density at radius 2 is 1.50 bits per heavy atom. The van der Waals surface area contributed by atoms with Gasteiger partial charge in [0.15, 0.2) is 0 Å². The summed E-state index contributed by atoms with van der Waals surface area (Å²) in [7, 11) is -9.58. The first-order valence-electron chi connectivity index (χ1n) is 7.70. The molecule has 9 nitrogen and oxygen atoms in total. The molecule has 0 aromatic heterocycles. The van der Waals surface area contributed by atoms with Gasteiger partial charge in [-0.15, -0.1) is 10.2 Å². The van der Waals surface area contributed by atoms with E-state index in [9.17, 15) is 31.0 Å². The number of nitrogens with zero attached hydrogens (tertiary/aromatic N) is 2. The van der Waals surface area contributed by atoms with Crippen LogP contribution in [-0.4, -0.2) is 31.0 Å². The summed E-state index contributed by atoms with van der Waals surface area (Å²) >= 11 is 0. The average molecular weight is 422 g/mol. The van der Waals surface area contributed by atoms with E-state index in [-0.39, 0.29) is 27.9 Å². The molecule has 0 bridgehead atoms. The van der Waals surface area contributed by atoms with Crippen LogP contribution in [0.15, 0.2) is 68.6 Å². The second-order valence-corrected chi connectivity index (χ2v) is 8.75. The predicted molar refractivity (Wildman–Crippen MR) is 101 cm³/mol. The summed E-state index contributed by atoms with van der Waals surface area (Å²) in [5.74, 6) is -0.141. The fourth-order valence-corrected chi connectivity index (χ4v) is 3.97. The van der Waals surface area contributed by atoms with Crippen LogP contribution >= 0.6 is 0 Å². The molecule has 3 aromatic rings. The van der Waals surface area contributed by atoms with Gasteiger partial charge in [-0.2, -0.15) is 16.8 Å². The molecule has 0 spiro atoms. The normalized spacial score (nSPS) is 12.7. The number of aryl methyl sites for hydroxylation is 1. The van der Waals surface area contributed by atoms with Crippen molar-refractivity contribution in [1.82, 2.24) is 0 Å². The van der Waals surface area contributed by atoms with Crippen LogP contribution in [0.5, 0.6) is 5.75 Å². The Balaban J connectivity index is 2.30. The molecule has 0 aliphatic rings. The average Bonchev–Trinajstić information content (AvgIpc) is 2.59. The van der Waals surface area contributed by atoms with Crippen LogP contribution in [0.2, 0.25) is 0 Å². The van der Waals surface area contributed by atoms with Gasteiger partial charge in [-0.05, 0) is 48.2 Å². The molecular formula is C17H14N2O7S2.